The Morgan fingerprint density at radius 1 is 1.00 bits per heavy atom. The molecule has 0 aromatic carbocycles. The lowest BCUT2D eigenvalue weighted by Gasteiger charge is -2.31. The van der Waals surface area contributed by atoms with Gasteiger partial charge < -0.3 is 10.1 Å². The third-order valence-electron chi connectivity index (χ3n) is 4.22. The Labute approximate surface area is 93.8 Å². The van der Waals surface area contributed by atoms with E-state index in [1.165, 1.54) is 44.9 Å². The molecule has 0 amide bonds. The second-order valence-electron chi connectivity index (χ2n) is 5.44. The Morgan fingerprint density at radius 3 is 2.40 bits per heavy atom. The summed E-state index contributed by atoms with van der Waals surface area (Å²) in [4.78, 5) is 0. The maximum Gasteiger partial charge on any atom is 0.0724 e. The highest BCUT2D eigenvalue weighted by atomic mass is 16.5. The fraction of sp³-hybridized carbons (Fsp3) is 1.00. The molecule has 0 saturated heterocycles. The molecular weight excluding hydrogens is 186 g/mol. The van der Waals surface area contributed by atoms with Crippen LogP contribution in [0.1, 0.15) is 51.9 Å². The Kier molecular flexibility index (Phi) is 4.04. The first-order valence-corrected chi connectivity index (χ1v) is 6.58. The summed E-state index contributed by atoms with van der Waals surface area (Å²) in [6.45, 7) is 2.38. The van der Waals surface area contributed by atoms with Crippen molar-refractivity contribution in [3.05, 3.63) is 0 Å². The smallest absolute Gasteiger partial charge is 0.0724 e. The van der Waals surface area contributed by atoms with Crippen LogP contribution in [0.5, 0.6) is 0 Å². The van der Waals surface area contributed by atoms with E-state index in [0.717, 1.165) is 12.0 Å². The van der Waals surface area contributed by atoms with Crippen molar-refractivity contribution >= 4 is 0 Å². The van der Waals surface area contributed by atoms with E-state index in [2.05, 4.69) is 12.2 Å². The van der Waals surface area contributed by atoms with Gasteiger partial charge >= 0.3 is 0 Å². The fourth-order valence-electron chi connectivity index (χ4n) is 3.13. The summed E-state index contributed by atoms with van der Waals surface area (Å²) < 4.78 is 5.52. The largest absolute Gasteiger partial charge is 0.380 e. The summed E-state index contributed by atoms with van der Waals surface area (Å²) in [6.07, 6.45) is 9.91. The van der Waals surface area contributed by atoms with Crippen molar-refractivity contribution in [3.8, 4) is 0 Å². The number of nitrogens with one attached hydrogen (secondary N) is 1. The molecular formula is C13H25NO. The molecule has 2 saturated carbocycles. The van der Waals surface area contributed by atoms with Crippen LogP contribution in [0.2, 0.25) is 0 Å². The van der Waals surface area contributed by atoms with E-state index in [0.29, 0.717) is 12.1 Å². The fourth-order valence-corrected chi connectivity index (χ4v) is 3.13. The normalized spacial score (nSPS) is 42.0. The molecule has 0 bridgehead atoms. The van der Waals surface area contributed by atoms with Gasteiger partial charge in [-0.15, -0.1) is 0 Å². The molecule has 2 aliphatic carbocycles. The Balaban J connectivity index is 1.76. The molecule has 1 N–H and O–H groups in total. The minimum absolute atomic E-state index is 0.476. The van der Waals surface area contributed by atoms with Crippen molar-refractivity contribution < 1.29 is 4.74 Å². The Morgan fingerprint density at radius 2 is 1.73 bits per heavy atom. The quantitative estimate of drug-likeness (QED) is 0.775. The van der Waals surface area contributed by atoms with Crippen molar-refractivity contribution in [2.45, 2.75) is 70.1 Å². The van der Waals surface area contributed by atoms with Crippen LogP contribution in [0.25, 0.3) is 0 Å². The Bertz CT molecular complexity index is 187. The predicted octanol–water partition coefficient (Wildman–Crippen LogP) is 2.72. The van der Waals surface area contributed by atoms with Gasteiger partial charge in [-0.2, -0.15) is 0 Å². The van der Waals surface area contributed by atoms with E-state index in [1.54, 1.807) is 0 Å². The van der Waals surface area contributed by atoms with Gasteiger partial charge in [-0.25, -0.2) is 0 Å². The molecule has 0 spiro atoms. The van der Waals surface area contributed by atoms with Gasteiger partial charge in [0, 0.05) is 19.2 Å². The van der Waals surface area contributed by atoms with Gasteiger partial charge in [0.15, 0.2) is 0 Å². The SMILES string of the molecule is COC1CCCC1NC1CCC(C)CC1. The summed E-state index contributed by atoms with van der Waals surface area (Å²) in [5.74, 6) is 0.949. The number of rotatable bonds is 3. The van der Waals surface area contributed by atoms with Crippen molar-refractivity contribution in [2.75, 3.05) is 7.11 Å². The van der Waals surface area contributed by atoms with Gasteiger partial charge in [0.05, 0.1) is 6.10 Å². The van der Waals surface area contributed by atoms with Crippen molar-refractivity contribution in [2.24, 2.45) is 5.92 Å². The lowest BCUT2D eigenvalue weighted by Crippen LogP contribution is -2.44. The summed E-state index contributed by atoms with van der Waals surface area (Å²) in [6, 6.07) is 1.40. The third kappa shape index (κ3) is 2.94. The van der Waals surface area contributed by atoms with Crippen molar-refractivity contribution in [1.82, 2.24) is 5.32 Å². The molecule has 15 heavy (non-hydrogen) atoms. The molecule has 0 aliphatic heterocycles. The zero-order valence-corrected chi connectivity index (χ0v) is 10.2. The molecule has 2 unspecified atom stereocenters. The van der Waals surface area contributed by atoms with E-state index < -0.39 is 0 Å². The van der Waals surface area contributed by atoms with Gasteiger partial charge in [0.1, 0.15) is 0 Å². The van der Waals surface area contributed by atoms with Crippen LogP contribution in [0.15, 0.2) is 0 Å². The van der Waals surface area contributed by atoms with Gasteiger partial charge in [-0.1, -0.05) is 6.92 Å². The molecule has 0 heterocycles. The molecule has 0 aromatic rings. The van der Waals surface area contributed by atoms with Crippen LogP contribution in [0, 0.1) is 5.92 Å². The number of hydrogen-bond acceptors (Lipinski definition) is 2. The second-order valence-corrected chi connectivity index (χ2v) is 5.44. The number of hydrogen-bond donors (Lipinski definition) is 1. The number of methoxy groups -OCH3 is 1. The van der Waals surface area contributed by atoms with Gasteiger partial charge in [0.2, 0.25) is 0 Å². The van der Waals surface area contributed by atoms with Crippen molar-refractivity contribution in [1.29, 1.82) is 0 Å². The van der Waals surface area contributed by atoms with Gasteiger partial charge in [-0.3, -0.25) is 0 Å². The molecule has 2 rings (SSSR count). The van der Waals surface area contributed by atoms with Crippen LogP contribution in [0.3, 0.4) is 0 Å². The molecule has 0 radical (unpaired) electrons. The highest BCUT2D eigenvalue weighted by Crippen LogP contribution is 2.27. The molecule has 2 atom stereocenters. The van der Waals surface area contributed by atoms with E-state index >= 15 is 0 Å². The van der Waals surface area contributed by atoms with Gasteiger partial charge in [-0.05, 0) is 50.9 Å². The summed E-state index contributed by atoms with van der Waals surface area (Å²) >= 11 is 0. The van der Waals surface area contributed by atoms with Crippen LogP contribution in [-0.4, -0.2) is 25.3 Å². The summed E-state index contributed by atoms with van der Waals surface area (Å²) in [5, 5.41) is 3.81. The van der Waals surface area contributed by atoms with E-state index in [9.17, 15) is 0 Å². The average molecular weight is 211 g/mol. The zero-order valence-electron chi connectivity index (χ0n) is 10.2. The van der Waals surface area contributed by atoms with E-state index in [-0.39, 0.29) is 0 Å². The molecule has 0 aromatic heterocycles. The topological polar surface area (TPSA) is 21.3 Å². The van der Waals surface area contributed by atoms with Crippen molar-refractivity contribution in [3.63, 3.8) is 0 Å². The minimum atomic E-state index is 0.476. The molecule has 88 valence electrons. The first-order chi connectivity index (χ1) is 7.29. The van der Waals surface area contributed by atoms with Crippen LogP contribution in [-0.2, 0) is 4.74 Å². The lowest BCUT2D eigenvalue weighted by molar-refractivity contribution is 0.0781. The highest BCUT2D eigenvalue weighted by Gasteiger charge is 2.29. The average Bonchev–Trinajstić information content (AvgIpc) is 2.69. The molecule has 2 fully saturated rings. The number of ether oxygens (including phenoxy) is 1. The molecule has 2 heteroatoms. The van der Waals surface area contributed by atoms with E-state index in [4.69, 9.17) is 4.74 Å². The van der Waals surface area contributed by atoms with Crippen LogP contribution in [0.4, 0.5) is 0 Å². The zero-order chi connectivity index (χ0) is 10.7. The standard InChI is InChI=1S/C13H25NO/c1-10-6-8-11(9-7-10)14-12-4-3-5-13(12)15-2/h10-14H,3-9H2,1-2H3. The monoisotopic (exact) mass is 211 g/mol. The van der Waals surface area contributed by atoms with Crippen LogP contribution >= 0.6 is 0 Å². The first kappa shape index (κ1) is 11.4. The maximum atomic E-state index is 5.52. The minimum Gasteiger partial charge on any atom is -0.380 e. The molecule has 2 aliphatic rings. The van der Waals surface area contributed by atoms with Crippen LogP contribution < -0.4 is 5.32 Å². The van der Waals surface area contributed by atoms with Gasteiger partial charge in [0.25, 0.3) is 0 Å². The predicted molar refractivity (Wildman–Crippen MR) is 63.0 cm³/mol. The Hall–Kier alpha value is -0.0800. The van der Waals surface area contributed by atoms with E-state index in [1.807, 2.05) is 7.11 Å². The first-order valence-electron chi connectivity index (χ1n) is 6.58. The lowest BCUT2D eigenvalue weighted by atomic mass is 9.87. The summed E-state index contributed by atoms with van der Waals surface area (Å²) in [5.41, 5.74) is 0. The maximum absolute atomic E-state index is 5.52. The second kappa shape index (κ2) is 5.31. The third-order valence-corrected chi connectivity index (χ3v) is 4.22. The highest BCUT2D eigenvalue weighted by molar-refractivity contribution is 4.88. The summed E-state index contributed by atoms with van der Waals surface area (Å²) in [7, 11) is 1.85. The molecule has 2 nitrogen and oxygen atoms in total.